The van der Waals surface area contributed by atoms with Gasteiger partial charge in [-0.25, -0.2) is 4.39 Å². The number of benzene rings is 2. The topological polar surface area (TPSA) is 32.8 Å². The van der Waals surface area contributed by atoms with Crippen molar-refractivity contribution in [3.8, 4) is 5.75 Å². The van der Waals surface area contributed by atoms with Gasteiger partial charge in [-0.3, -0.25) is 4.79 Å². The van der Waals surface area contributed by atoms with Crippen LogP contribution in [-0.2, 0) is 0 Å². The molecule has 126 valence electrons. The Balaban J connectivity index is 1.69. The number of nitrogens with zero attached hydrogens (tertiary/aromatic N) is 2. The summed E-state index contributed by atoms with van der Waals surface area (Å²) in [5, 5.41) is 0.649. The lowest BCUT2D eigenvalue weighted by Gasteiger charge is -2.36. The Hall–Kier alpha value is -2.27. The molecule has 0 unspecified atom stereocenters. The minimum atomic E-state index is -0.343. The Labute approximate surface area is 145 Å². The van der Waals surface area contributed by atoms with E-state index in [9.17, 15) is 9.18 Å². The molecule has 0 saturated carbocycles. The van der Waals surface area contributed by atoms with Crippen LogP contribution in [0.4, 0.5) is 10.1 Å². The summed E-state index contributed by atoms with van der Waals surface area (Å²) >= 11 is 6.09. The number of carbonyl (C=O) groups excluding carboxylic acids is 1. The number of anilines is 1. The van der Waals surface area contributed by atoms with E-state index in [2.05, 4.69) is 4.90 Å². The SMILES string of the molecule is COc1ccc(Cl)cc1N1CCN(C(=O)c2ccc(F)cc2)CC1. The van der Waals surface area contributed by atoms with Gasteiger partial charge in [-0.15, -0.1) is 0 Å². The summed E-state index contributed by atoms with van der Waals surface area (Å²) in [7, 11) is 1.63. The van der Waals surface area contributed by atoms with Crippen molar-refractivity contribution in [1.29, 1.82) is 0 Å². The Morgan fingerprint density at radius 2 is 1.75 bits per heavy atom. The van der Waals surface area contributed by atoms with Crippen molar-refractivity contribution in [3.63, 3.8) is 0 Å². The van der Waals surface area contributed by atoms with Gasteiger partial charge < -0.3 is 14.5 Å². The van der Waals surface area contributed by atoms with E-state index in [-0.39, 0.29) is 11.7 Å². The molecular formula is C18H18ClFN2O2. The molecule has 1 amide bonds. The lowest BCUT2D eigenvalue weighted by atomic mass is 10.1. The van der Waals surface area contributed by atoms with Crippen molar-refractivity contribution >= 4 is 23.2 Å². The van der Waals surface area contributed by atoms with E-state index in [4.69, 9.17) is 16.3 Å². The van der Waals surface area contributed by atoms with E-state index in [0.717, 1.165) is 11.4 Å². The van der Waals surface area contributed by atoms with Gasteiger partial charge in [0.25, 0.3) is 5.91 Å². The summed E-state index contributed by atoms with van der Waals surface area (Å²) in [6.45, 7) is 2.55. The lowest BCUT2D eigenvalue weighted by Crippen LogP contribution is -2.48. The summed E-state index contributed by atoms with van der Waals surface area (Å²) in [6.07, 6.45) is 0. The van der Waals surface area contributed by atoms with Crippen LogP contribution < -0.4 is 9.64 Å². The third kappa shape index (κ3) is 3.46. The first-order valence-corrected chi connectivity index (χ1v) is 8.09. The number of carbonyl (C=O) groups is 1. The molecule has 3 rings (SSSR count). The van der Waals surface area contributed by atoms with Crippen molar-refractivity contribution < 1.29 is 13.9 Å². The maximum absolute atomic E-state index is 13.0. The molecule has 0 aliphatic carbocycles. The van der Waals surface area contributed by atoms with Crippen LogP contribution in [0.3, 0.4) is 0 Å². The quantitative estimate of drug-likeness (QED) is 0.851. The molecule has 1 aliphatic heterocycles. The van der Waals surface area contributed by atoms with Gasteiger partial charge in [0.1, 0.15) is 11.6 Å². The van der Waals surface area contributed by atoms with Gasteiger partial charge in [0.2, 0.25) is 0 Å². The molecule has 6 heteroatoms. The van der Waals surface area contributed by atoms with Gasteiger partial charge in [0.15, 0.2) is 0 Å². The van der Waals surface area contributed by atoms with Crippen LogP contribution in [0.2, 0.25) is 5.02 Å². The van der Waals surface area contributed by atoms with Gasteiger partial charge in [-0.2, -0.15) is 0 Å². The molecular weight excluding hydrogens is 331 g/mol. The average Bonchev–Trinajstić information content (AvgIpc) is 2.62. The largest absolute Gasteiger partial charge is 0.495 e. The number of piperazine rings is 1. The average molecular weight is 349 g/mol. The number of amides is 1. The van der Waals surface area contributed by atoms with Crippen LogP contribution in [-0.4, -0.2) is 44.1 Å². The van der Waals surface area contributed by atoms with E-state index in [1.807, 2.05) is 12.1 Å². The van der Waals surface area contributed by atoms with Crippen LogP contribution in [0.5, 0.6) is 5.75 Å². The van der Waals surface area contributed by atoms with Gasteiger partial charge in [-0.1, -0.05) is 11.6 Å². The number of ether oxygens (including phenoxy) is 1. The lowest BCUT2D eigenvalue weighted by molar-refractivity contribution is 0.0746. The minimum absolute atomic E-state index is 0.0762. The highest BCUT2D eigenvalue weighted by molar-refractivity contribution is 6.30. The fourth-order valence-electron chi connectivity index (χ4n) is 2.84. The second-order valence-electron chi connectivity index (χ2n) is 5.60. The molecule has 1 aliphatic rings. The molecule has 2 aromatic carbocycles. The van der Waals surface area contributed by atoms with Gasteiger partial charge >= 0.3 is 0 Å². The summed E-state index contributed by atoms with van der Waals surface area (Å²) in [4.78, 5) is 16.4. The predicted octanol–water partition coefficient (Wildman–Crippen LogP) is 3.45. The molecule has 4 nitrogen and oxygen atoms in total. The first-order chi connectivity index (χ1) is 11.6. The van der Waals surface area contributed by atoms with Crippen molar-refractivity contribution in [2.24, 2.45) is 0 Å². The first-order valence-electron chi connectivity index (χ1n) is 7.72. The van der Waals surface area contributed by atoms with Crippen LogP contribution in [0.25, 0.3) is 0 Å². The van der Waals surface area contributed by atoms with Crippen molar-refractivity contribution in [2.75, 3.05) is 38.2 Å². The molecule has 0 aromatic heterocycles. The molecule has 0 atom stereocenters. The summed E-state index contributed by atoms with van der Waals surface area (Å²) < 4.78 is 18.4. The van der Waals surface area contributed by atoms with Crippen molar-refractivity contribution in [2.45, 2.75) is 0 Å². The molecule has 0 N–H and O–H groups in total. The van der Waals surface area contributed by atoms with E-state index >= 15 is 0 Å². The molecule has 1 heterocycles. The van der Waals surface area contributed by atoms with Crippen molar-refractivity contribution in [1.82, 2.24) is 4.90 Å². The second kappa shape index (κ2) is 7.09. The zero-order chi connectivity index (χ0) is 17.1. The number of hydrogen-bond acceptors (Lipinski definition) is 3. The Morgan fingerprint density at radius 3 is 2.38 bits per heavy atom. The highest BCUT2D eigenvalue weighted by Crippen LogP contribution is 2.32. The molecule has 0 spiro atoms. The Morgan fingerprint density at radius 1 is 1.08 bits per heavy atom. The van der Waals surface area contributed by atoms with Crippen LogP contribution >= 0.6 is 11.6 Å². The molecule has 24 heavy (non-hydrogen) atoms. The van der Waals surface area contributed by atoms with Crippen LogP contribution in [0.1, 0.15) is 10.4 Å². The zero-order valence-corrected chi connectivity index (χ0v) is 14.1. The fraction of sp³-hybridized carbons (Fsp3) is 0.278. The third-order valence-electron chi connectivity index (χ3n) is 4.14. The predicted molar refractivity (Wildman–Crippen MR) is 92.5 cm³/mol. The van der Waals surface area contributed by atoms with E-state index in [1.54, 1.807) is 18.1 Å². The molecule has 0 bridgehead atoms. The number of rotatable bonds is 3. The standard InChI is InChI=1S/C18H18ClFN2O2/c1-24-17-7-4-14(19)12-16(17)21-8-10-22(11-9-21)18(23)13-2-5-15(20)6-3-13/h2-7,12H,8-11H2,1H3. The zero-order valence-electron chi connectivity index (χ0n) is 13.3. The number of hydrogen-bond donors (Lipinski definition) is 0. The van der Waals surface area contributed by atoms with E-state index in [0.29, 0.717) is 36.8 Å². The minimum Gasteiger partial charge on any atom is -0.495 e. The monoisotopic (exact) mass is 348 g/mol. The first kappa shape index (κ1) is 16.6. The van der Waals surface area contributed by atoms with Gasteiger partial charge in [0.05, 0.1) is 12.8 Å². The normalized spacial score (nSPS) is 14.6. The molecule has 0 radical (unpaired) electrons. The summed E-state index contributed by atoms with van der Waals surface area (Å²) in [5.74, 6) is 0.342. The molecule has 1 fully saturated rings. The maximum Gasteiger partial charge on any atom is 0.253 e. The van der Waals surface area contributed by atoms with Crippen LogP contribution in [0, 0.1) is 5.82 Å². The Bertz CT molecular complexity index is 728. The molecule has 2 aromatic rings. The van der Waals surface area contributed by atoms with Crippen molar-refractivity contribution in [3.05, 3.63) is 58.9 Å². The third-order valence-corrected chi connectivity index (χ3v) is 4.37. The second-order valence-corrected chi connectivity index (χ2v) is 6.04. The number of methoxy groups -OCH3 is 1. The Kier molecular flexibility index (Phi) is 4.90. The fourth-order valence-corrected chi connectivity index (χ4v) is 3.00. The van der Waals surface area contributed by atoms with Crippen LogP contribution in [0.15, 0.2) is 42.5 Å². The van der Waals surface area contributed by atoms with Gasteiger partial charge in [-0.05, 0) is 42.5 Å². The highest BCUT2D eigenvalue weighted by atomic mass is 35.5. The highest BCUT2D eigenvalue weighted by Gasteiger charge is 2.24. The molecule has 1 saturated heterocycles. The van der Waals surface area contributed by atoms with Gasteiger partial charge in [0, 0.05) is 36.8 Å². The summed E-state index contributed by atoms with van der Waals surface area (Å²) in [6, 6.07) is 11.2. The van der Waals surface area contributed by atoms with E-state index < -0.39 is 0 Å². The smallest absolute Gasteiger partial charge is 0.253 e. The number of halogens is 2. The van der Waals surface area contributed by atoms with E-state index in [1.165, 1.54) is 24.3 Å². The summed E-state index contributed by atoms with van der Waals surface area (Å²) in [5.41, 5.74) is 1.43. The maximum atomic E-state index is 13.0.